The molecule has 0 aliphatic rings. The van der Waals surface area contributed by atoms with E-state index in [1.54, 1.807) is 26.1 Å². The van der Waals surface area contributed by atoms with E-state index in [9.17, 15) is 9.59 Å². The summed E-state index contributed by atoms with van der Waals surface area (Å²) in [6.07, 6.45) is 0.889. The average Bonchev–Trinajstić information content (AvgIpc) is 2.86. The maximum Gasteiger partial charge on any atom is 0.347 e. The van der Waals surface area contributed by atoms with Crippen LogP contribution in [-0.2, 0) is 9.53 Å². The first-order chi connectivity index (χ1) is 16.9. The molecule has 0 aliphatic heterocycles. The maximum absolute atomic E-state index is 13.3. The fraction of sp³-hybridized carbons (Fsp3) is 0.154. The largest absolute Gasteiger partial charge is 0.477 e. The second-order valence-corrected chi connectivity index (χ2v) is 9.83. The number of hydrogen-bond donors (Lipinski definition) is 0. The van der Waals surface area contributed by atoms with Gasteiger partial charge in [0.2, 0.25) is 0 Å². The number of carbonyl (C=O) groups excluding carboxylic acids is 1. The van der Waals surface area contributed by atoms with Gasteiger partial charge in [-0.1, -0.05) is 42.5 Å². The van der Waals surface area contributed by atoms with Crippen molar-refractivity contribution >= 4 is 68.3 Å². The van der Waals surface area contributed by atoms with E-state index >= 15 is 0 Å². The average molecular weight is 693 g/mol. The number of benzene rings is 3. The van der Waals surface area contributed by atoms with Crippen LogP contribution < -0.4 is 10.3 Å². The van der Waals surface area contributed by atoms with Gasteiger partial charge in [-0.2, -0.15) is 9.78 Å². The molecule has 4 rings (SSSR count). The fourth-order valence-electron chi connectivity index (χ4n) is 3.38. The van der Waals surface area contributed by atoms with Crippen LogP contribution >= 0.6 is 45.2 Å². The van der Waals surface area contributed by atoms with Crippen molar-refractivity contribution in [1.82, 2.24) is 9.66 Å². The molecule has 0 fully saturated rings. The molecule has 0 saturated carbocycles. The zero-order chi connectivity index (χ0) is 24.9. The minimum atomic E-state index is -0.729. The maximum atomic E-state index is 13.3. The lowest BCUT2D eigenvalue weighted by Crippen LogP contribution is -2.26. The molecule has 7 nitrogen and oxygen atoms in total. The van der Waals surface area contributed by atoms with Crippen LogP contribution in [-0.4, -0.2) is 34.6 Å². The molecule has 0 aliphatic carbocycles. The van der Waals surface area contributed by atoms with Crippen molar-refractivity contribution in [2.75, 3.05) is 6.61 Å². The molecular formula is C26H21I2N3O4. The Kier molecular flexibility index (Phi) is 8.16. The molecule has 1 heterocycles. The third kappa shape index (κ3) is 5.72. The number of ether oxygens (including phenoxy) is 2. The van der Waals surface area contributed by atoms with Gasteiger partial charge in [0, 0.05) is 5.56 Å². The molecule has 9 heteroatoms. The van der Waals surface area contributed by atoms with E-state index in [4.69, 9.17) is 14.5 Å². The van der Waals surface area contributed by atoms with Crippen LogP contribution in [0.1, 0.15) is 19.4 Å². The van der Waals surface area contributed by atoms with Gasteiger partial charge in [0.15, 0.2) is 11.9 Å². The lowest BCUT2D eigenvalue weighted by molar-refractivity contribution is -0.150. The Morgan fingerprint density at radius 1 is 1.09 bits per heavy atom. The lowest BCUT2D eigenvalue weighted by Gasteiger charge is -2.16. The molecule has 0 bridgehead atoms. The minimum Gasteiger partial charge on any atom is -0.477 e. The zero-order valence-electron chi connectivity index (χ0n) is 18.9. The summed E-state index contributed by atoms with van der Waals surface area (Å²) in [4.78, 5) is 30.0. The quantitative estimate of drug-likeness (QED) is 0.146. The number of carbonyl (C=O) groups is 1. The number of fused-ring (bicyclic) bond motifs is 1. The Hall–Kier alpha value is -2.80. The van der Waals surface area contributed by atoms with Gasteiger partial charge in [-0.05, 0) is 88.9 Å². The van der Waals surface area contributed by atoms with Crippen LogP contribution in [0.15, 0.2) is 76.6 Å². The molecule has 1 atom stereocenters. The Balaban J connectivity index is 1.73. The lowest BCUT2D eigenvalue weighted by atomic mass is 10.2. The van der Waals surface area contributed by atoms with Crippen LogP contribution in [0.3, 0.4) is 0 Å². The van der Waals surface area contributed by atoms with Crippen molar-refractivity contribution in [3.05, 3.63) is 89.8 Å². The van der Waals surface area contributed by atoms with Gasteiger partial charge in [0.1, 0.15) is 5.75 Å². The second kappa shape index (κ2) is 11.3. The van der Waals surface area contributed by atoms with Crippen molar-refractivity contribution in [2.45, 2.75) is 20.0 Å². The predicted octanol–water partition coefficient (Wildman–Crippen LogP) is 5.49. The second-order valence-electron chi connectivity index (χ2n) is 7.51. The third-order valence-electron chi connectivity index (χ3n) is 5.04. The standard InChI is InChI=1S/C26H21I2N3O4/c1-3-34-26(33)16(2)35-23-20(27)13-17(14-21(23)28)15-29-31-24(18-9-5-4-6-10-18)30-22-12-8-7-11-19(22)25(31)32/h4-16H,3H2,1-2H3/t16-/m0/s1. The zero-order valence-corrected chi connectivity index (χ0v) is 23.3. The highest BCUT2D eigenvalue weighted by molar-refractivity contribution is 14.1. The van der Waals surface area contributed by atoms with Gasteiger partial charge < -0.3 is 9.47 Å². The van der Waals surface area contributed by atoms with E-state index in [0.717, 1.165) is 18.3 Å². The van der Waals surface area contributed by atoms with E-state index in [0.29, 0.717) is 29.1 Å². The normalized spacial score (nSPS) is 12.1. The SMILES string of the molecule is CCOC(=O)[C@H](C)Oc1c(I)cc(C=Nn2c(-c3ccccc3)nc3ccccc3c2=O)cc1I. The highest BCUT2D eigenvalue weighted by Gasteiger charge is 2.19. The van der Waals surface area contributed by atoms with Crippen molar-refractivity contribution in [3.63, 3.8) is 0 Å². The molecule has 0 unspecified atom stereocenters. The number of nitrogens with zero attached hydrogens (tertiary/aromatic N) is 3. The summed E-state index contributed by atoms with van der Waals surface area (Å²) in [6.45, 7) is 3.71. The van der Waals surface area contributed by atoms with Crippen LogP contribution in [0.2, 0.25) is 0 Å². The van der Waals surface area contributed by atoms with E-state index < -0.39 is 12.1 Å². The summed E-state index contributed by atoms with van der Waals surface area (Å²) in [5.41, 5.74) is 1.92. The molecule has 4 aromatic rings. The first-order valence-corrected chi connectivity index (χ1v) is 13.0. The number of esters is 1. The van der Waals surface area contributed by atoms with E-state index in [1.807, 2.05) is 60.7 Å². The summed E-state index contributed by atoms with van der Waals surface area (Å²) in [5.74, 6) is 0.637. The summed E-state index contributed by atoms with van der Waals surface area (Å²) in [6, 6.07) is 20.5. The topological polar surface area (TPSA) is 82.8 Å². The van der Waals surface area contributed by atoms with E-state index in [-0.39, 0.29) is 5.56 Å². The van der Waals surface area contributed by atoms with Crippen LogP contribution in [0, 0.1) is 7.14 Å². The van der Waals surface area contributed by atoms with Crippen LogP contribution in [0.5, 0.6) is 5.75 Å². The van der Waals surface area contributed by atoms with Crippen molar-refractivity contribution in [3.8, 4) is 17.1 Å². The molecule has 178 valence electrons. The Labute approximate surface area is 229 Å². The molecular weight excluding hydrogens is 672 g/mol. The van der Waals surface area contributed by atoms with Crippen LogP contribution in [0.25, 0.3) is 22.3 Å². The van der Waals surface area contributed by atoms with Gasteiger partial charge in [0.05, 0.1) is 30.9 Å². The molecule has 0 spiro atoms. The minimum absolute atomic E-state index is 0.252. The van der Waals surface area contributed by atoms with Crippen LogP contribution in [0.4, 0.5) is 0 Å². The highest BCUT2D eigenvalue weighted by Crippen LogP contribution is 2.30. The smallest absolute Gasteiger partial charge is 0.347 e. The Morgan fingerprint density at radius 2 is 1.74 bits per heavy atom. The Morgan fingerprint density at radius 3 is 2.43 bits per heavy atom. The number of hydrogen-bond acceptors (Lipinski definition) is 6. The summed E-state index contributed by atoms with van der Waals surface area (Å²) in [7, 11) is 0. The number of para-hydroxylation sites is 1. The molecule has 0 saturated heterocycles. The first kappa shape index (κ1) is 25.3. The molecule has 35 heavy (non-hydrogen) atoms. The number of rotatable bonds is 7. The molecule has 1 aromatic heterocycles. The number of halogens is 2. The van der Waals surface area contributed by atoms with Crippen molar-refractivity contribution in [1.29, 1.82) is 0 Å². The molecule has 0 amide bonds. The van der Waals surface area contributed by atoms with Crippen molar-refractivity contribution in [2.24, 2.45) is 5.10 Å². The first-order valence-electron chi connectivity index (χ1n) is 10.8. The van der Waals surface area contributed by atoms with Gasteiger partial charge in [-0.15, -0.1) is 0 Å². The van der Waals surface area contributed by atoms with Gasteiger partial charge >= 0.3 is 5.97 Å². The summed E-state index contributed by atoms with van der Waals surface area (Å²) >= 11 is 4.31. The van der Waals surface area contributed by atoms with Gasteiger partial charge in [0.25, 0.3) is 5.56 Å². The highest BCUT2D eigenvalue weighted by atomic mass is 127. The van der Waals surface area contributed by atoms with Crippen molar-refractivity contribution < 1.29 is 14.3 Å². The van der Waals surface area contributed by atoms with E-state index in [2.05, 4.69) is 50.3 Å². The van der Waals surface area contributed by atoms with E-state index in [1.165, 1.54) is 4.68 Å². The molecule has 0 N–H and O–H groups in total. The molecule has 0 radical (unpaired) electrons. The molecule has 3 aromatic carbocycles. The predicted molar refractivity (Wildman–Crippen MR) is 153 cm³/mol. The van der Waals surface area contributed by atoms with Gasteiger partial charge in [-0.25, -0.2) is 9.78 Å². The summed E-state index contributed by atoms with van der Waals surface area (Å²) < 4.78 is 13.8. The van der Waals surface area contributed by atoms with Gasteiger partial charge in [-0.3, -0.25) is 4.79 Å². The fourth-order valence-corrected chi connectivity index (χ4v) is 5.45. The number of aromatic nitrogens is 2. The third-order valence-corrected chi connectivity index (χ3v) is 6.64. The monoisotopic (exact) mass is 693 g/mol. The summed E-state index contributed by atoms with van der Waals surface area (Å²) in [5, 5.41) is 5.01. The Bertz CT molecular complexity index is 1450.